The quantitative estimate of drug-likeness (QED) is 0.774. The number of anilines is 1. The Kier molecular flexibility index (Phi) is 5.83. The van der Waals surface area contributed by atoms with E-state index in [0.717, 1.165) is 10.4 Å². The maximum Gasteiger partial charge on any atom is 0.341 e. The largest absolute Gasteiger partial charge is 0.462 e. The molecule has 0 saturated carbocycles. The summed E-state index contributed by atoms with van der Waals surface area (Å²) in [5, 5.41) is 7.50. The summed E-state index contributed by atoms with van der Waals surface area (Å²) in [6.07, 6.45) is 2.13. The Labute approximate surface area is 167 Å². The van der Waals surface area contributed by atoms with Crippen molar-refractivity contribution < 1.29 is 19.1 Å². The second-order valence-corrected chi connectivity index (χ2v) is 7.93. The van der Waals surface area contributed by atoms with E-state index < -0.39 is 5.97 Å². The molecule has 8 nitrogen and oxygen atoms in total. The Morgan fingerprint density at radius 2 is 2.11 bits per heavy atom. The highest BCUT2D eigenvalue weighted by Crippen LogP contribution is 2.38. The number of hydrogen-bond acceptors (Lipinski definition) is 6. The number of esters is 1. The van der Waals surface area contributed by atoms with Crippen molar-refractivity contribution in [2.75, 3.05) is 18.5 Å². The number of amides is 2. The molecule has 150 valence electrons. The Morgan fingerprint density at radius 3 is 2.75 bits per heavy atom. The standard InChI is InChI=1S/C19H24N4O4S/c1-5-27-19(26)16-13-7-9-22(12(4)24)10-15(13)28-18(16)21-17(25)14-6-8-20-23(14)11(2)3/h6,8,11H,5,7,9-10H2,1-4H3,(H,21,25). The third kappa shape index (κ3) is 3.80. The average Bonchev–Trinajstić information content (AvgIpc) is 3.25. The van der Waals surface area contributed by atoms with Crippen molar-refractivity contribution in [3.63, 3.8) is 0 Å². The molecule has 28 heavy (non-hydrogen) atoms. The average molecular weight is 404 g/mol. The normalized spacial score (nSPS) is 13.4. The summed E-state index contributed by atoms with van der Waals surface area (Å²) in [7, 11) is 0. The second-order valence-electron chi connectivity index (χ2n) is 6.83. The molecule has 0 aliphatic carbocycles. The molecule has 1 aliphatic rings. The number of hydrogen-bond donors (Lipinski definition) is 1. The van der Waals surface area contributed by atoms with Crippen molar-refractivity contribution in [1.82, 2.24) is 14.7 Å². The number of aromatic nitrogens is 2. The van der Waals surface area contributed by atoms with E-state index in [9.17, 15) is 14.4 Å². The third-order valence-corrected chi connectivity index (χ3v) is 5.73. The van der Waals surface area contributed by atoms with Crippen LogP contribution in [0.1, 0.15) is 65.0 Å². The van der Waals surface area contributed by atoms with Crippen LogP contribution in [0, 0.1) is 0 Å². The Bertz CT molecular complexity index is 915. The topological polar surface area (TPSA) is 93.5 Å². The van der Waals surface area contributed by atoms with Crippen LogP contribution < -0.4 is 5.32 Å². The Hall–Kier alpha value is -2.68. The van der Waals surface area contributed by atoms with Gasteiger partial charge >= 0.3 is 5.97 Å². The van der Waals surface area contributed by atoms with Gasteiger partial charge in [-0.15, -0.1) is 11.3 Å². The number of fused-ring (bicyclic) bond motifs is 1. The minimum Gasteiger partial charge on any atom is -0.462 e. The summed E-state index contributed by atoms with van der Waals surface area (Å²) in [5.41, 5.74) is 1.67. The first-order chi connectivity index (χ1) is 13.3. The zero-order valence-corrected chi connectivity index (χ0v) is 17.3. The first kappa shape index (κ1) is 20.1. The summed E-state index contributed by atoms with van der Waals surface area (Å²) < 4.78 is 6.85. The highest BCUT2D eigenvalue weighted by molar-refractivity contribution is 7.17. The monoisotopic (exact) mass is 404 g/mol. The molecule has 2 aromatic rings. The van der Waals surface area contributed by atoms with Crippen LogP contribution in [-0.4, -0.2) is 45.6 Å². The minimum atomic E-state index is -0.455. The lowest BCUT2D eigenvalue weighted by molar-refractivity contribution is -0.129. The summed E-state index contributed by atoms with van der Waals surface area (Å²) in [5.74, 6) is -0.800. The van der Waals surface area contributed by atoms with Crippen LogP contribution in [0.25, 0.3) is 0 Å². The van der Waals surface area contributed by atoms with E-state index in [1.54, 1.807) is 28.8 Å². The van der Waals surface area contributed by atoms with E-state index in [2.05, 4.69) is 10.4 Å². The van der Waals surface area contributed by atoms with Gasteiger partial charge in [-0.2, -0.15) is 5.10 Å². The fourth-order valence-corrected chi connectivity index (χ4v) is 4.50. The number of thiophene rings is 1. The van der Waals surface area contributed by atoms with Crippen LogP contribution >= 0.6 is 11.3 Å². The molecule has 0 saturated heterocycles. The van der Waals surface area contributed by atoms with Crippen molar-refractivity contribution in [3.05, 3.63) is 34.0 Å². The predicted octanol–water partition coefficient (Wildman–Crippen LogP) is 2.86. The summed E-state index contributed by atoms with van der Waals surface area (Å²) in [4.78, 5) is 39.8. The molecule has 1 N–H and O–H groups in total. The number of rotatable bonds is 5. The molecule has 0 aromatic carbocycles. The molecule has 9 heteroatoms. The smallest absolute Gasteiger partial charge is 0.341 e. The van der Waals surface area contributed by atoms with E-state index in [-0.39, 0.29) is 24.5 Å². The lowest BCUT2D eigenvalue weighted by Crippen LogP contribution is -2.34. The molecule has 0 bridgehead atoms. The van der Waals surface area contributed by atoms with Crippen molar-refractivity contribution >= 4 is 34.1 Å². The number of carbonyl (C=O) groups excluding carboxylic acids is 3. The first-order valence-corrected chi connectivity index (χ1v) is 10.1. The summed E-state index contributed by atoms with van der Waals surface area (Å²) in [6.45, 7) is 8.37. The van der Waals surface area contributed by atoms with Gasteiger partial charge in [0.05, 0.1) is 18.7 Å². The zero-order chi connectivity index (χ0) is 20.4. The number of ether oxygens (including phenoxy) is 1. The Balaban J connectivity index is 1.96. The maximum absolute atomic E-state index is 12.8. The van der Waals surface area contributed by atoms with E-state index in [0.29, 0.717) is 35.8 Å². The van der Waals surface area contributed by atoms with Crippen LogP contribution in [0.2, 0.25) is 0 Å². The zero-order valence-electron chi connectivity index (χ0n) is 16.4. The van der Waals surface area contributed by atoms with Gasteiger partial charge in [0.1, 0.15) is 10.7 Å². The van der Waals surface area contributed by atoms with E-state index >= 15 is 0 Å². The lowest BCUT2D eigenvalue weighted by atomic mass is 10.0. The van der Waals surface area contributed by atoms with Crippen LogP contribution in [0.3, 0.4) is 0 Å². The van der Waals surface area contributed by atoms with Crippen molar-refractivity contribution in [1.29, 1.82) is 0 Å². The van der Waals surface area contributed by atoms with Crippen LogP contribution in [-0.2, 0) is 22.5 Å². The van der Waals surface area contributed by atoms with Gasteiger partial charge in [-0.25, -0.2) is 4.79 Å². The molecule has 0 fully saturated rings. The molecule has 0 spiro atoms. The van der Waals surface area contributed by atoms with Crippen molar-refractivity contribution in [2.45, 2.75) is 46.7 Å². The number of nitrogens with one attached hydrogen (secondary N) is 1. The predicted molar refractivity (Wildman–Crippen MR) is 106 cm³/mol. The molecule has 0 radical (unpaired) electrons. The second kappa shape index (κ2) is 8.14. The lowest BCUT2D eigenvalue weighted by Gasteiger charge is -2.25. The highest BCUT2D eigenvalue weighted by Gasteiger charge is 2.30. The van der Waals surface area contributed by atoms with E-state index in [1.165, 1.54) is 18.3 Å². The fraction of sp³-hybridized carbons (Fsp3) is 0.474. The maximum atomic E-state index is 12.8. The molecule has 0 atom stereocenters. The SMILES string of the molecule is CCOC(=O)c1c(NC(=O)c2ccnn2C(C)C)sc2c1CCN(C(C)=O)C2. The van der Waals surface area contributed by atoms with Crippen LogP contribution in [0.15, 0.2) is 12.3 Å². The van der Waals surface area contributed by atoms with Gasteiger partial charge < -0.3 is 15.0 Å². The van der Waals surface area contributed by atoms with E-state index in [4.69, 9.17) is 4.74 Å². The highest BCUT2D eigenvalue weighted by atomic mass is 32.1. The molecule has 2 aromatic heterocycles. The fourth-order valence-electron chi connectivity index (χ4n) is 3.25. The molecule has 3 heterocycles. The molecule has 3 rings (SSSR count). The molecular weight excluding hydrogens is 380 g/mol. The molecule has 1 aliphatic heterocycles. The van der Waals surface area contributed by atoms with Crippen LogP contribution in [0.5, 0.6) is 0 Å². The van der Waals surface area contributed by atoms with Crippen molar-refractivity contribution in [3.8, 4) is 0 Å². The van der Waals surface area contributed by atoms with Gasteiger partial charge in [-0.1, -0.05) is 0 Å². The van der Waals surface area contributed by atoms with Crippen LogP contribution in [0.4, 0.5) is 5.00 Å². The molecule has 0 unspecified atom stereocenters. The van der Waals surface area contributed by atoms with Gasteiger partial charge in [-0.3, -0.25) is 14.3 Å². The van der Waals surface area contributed by atoms with Gasteiger partial charge in [0.15, 0.2) is 0 Å². The first-order valence-electron chi connectivity index (χ1n) is 9.25. The van der Waals surface area contributed by atoms with Gasteiger partial charge in [0.2, 0.25) is 5.91 Å². The van der Waals surface area contributed by atoms with Crippen molar-refractivity contribution in [2.24, 2.45) is 0 Å². The Morgan fingerprint density at radius 1 is 1.36 bits per heavy atom. The summed E-state index contributed by atoms with van der Waals surface area (Å²) in [6, 6.07) is 1.67. The van der Waals surface area contributed by atoms with Gasteiger partial charge in [0, 0.05) is 30.6 Å². The molecule has 2 amide bonds. The number of carbonyl (C=O) groups is 3. The van der Waals surface area contributed by atoms with Gasteiger partial charge in [-0.05, 0) is 38.8 Å². The number of nitrogens with zero attached hydrogens (tertiary/aromatic N) is 3. The molecular formula is C19H24N4O4S. The summed E-state index contributed by atoms with van der Waals surface area (Å²) >= 11 is 1.32. The van der Waals surface area contributed by atoms with E-state index in [1.807, 2.05) is 13.8 Å². The third-order valence-electron chi connectivity index (χ3n) is 4.60. The minimum absolute atomic E-state index is 0.0110. The van der Waals surface area contributed by atoms with Gasteiger partial charge in [0.25, 0.3) is 5.91 Å².